The van der Waals surface area contributed by atoms with E-state index in [2.05, 4.69) is 40.9 Å². The van der Waals surface area contributed by atoms with Gasteiger partial charge in [-0.05, 0) is 49.1 Å². The van der Waals surface area contributed by atoms with Crippen LogP contribution >= 0.6 is 11.3 Å². The maximum absolute atomic E-state index is 3.79. The Bertz CT molecular complexity index is 404. The highest BCUT2D eigenvalue weighted by atomic mass is 32.1. The zero-order valence-electron chi connectivity index (χ0n) is 12.2. The summed E-state index contributed by atoms with van der Waals surface area (Å²) in [5.41, 5.74) is 2.17. The Morgan fingerprint density at radius 3 is 2.74 bits per heavy atom. The van der Waals surface area contributed by atoms with Crippen LogP contribution in [0.1, 0.15) is 51.5 Å². The molecule has 2 heterocycles. The topological polar surface area (TPSA) is 15.3 Å². The number of hydrogen-bond donors (Lipinski definition) is 1. The average Bonchev–Trinajstić information content (AvgIpc) is 2.88. The Morgan fingerprint density at radius 2 is 2.05 bits per heavy atom. The van der Waals surface area contributed by atoms with Crippen molar-refractivity contribution in [3.63, 3.8) is 0 Å². The highest BCUT2D eigenvalue weighted by Crippen LogP contribution is 2.38. The van der Waals surface area contributed by atoms with Gasteiger partial charge in [0.2, 0.25) is 0 Å². The number of thiophene rings is 1. The van der Waals surface area contributed by atoms with E-state index < -0.39 is 0 Å². The normalized spacial score (nSPS) is 26.6. The molecule has 1 aliphatic carbocycles. The lowest BCUT2D eigenvalue weighted by atomic mass is 9.76. The van der Waals surface area contributed by atoms with Gasteiger partial charge in [0, 0.05) is 30.7 Å². The predicted molar refractivity (Wildman–Crippen MR) is 82.6 cm³/mol. The van der Waals surface area contributed by atoms with Crippen LogP contribution in [0.3, 0.4) is 0 Å². The van der Waals surface area contributed by atoms with Crippen molar-refractivity contribution >= 4 is 11.3 Å². The average molecular weight is 278 g/mol. The molecule has 1 spiro atoms. The highest BCUT2D eigenvalue weighted by molar-refractivity contribution is 7.07. The van der Waals surface area contributed by atoms with Crippen molar-refractivity contribution in [1.29, 1.82) is 0 Å². The fraction of sp³-hybridized carbons (Fsp3) is 0.750. The van der Waals surface area contributed by atoms with Crippen molar-refractivity contribution < 1.29 is 0 Å². The van der Waals surface area contributed by atoms with Gasteiger partial charge in [0.25, 0.3) is 0 Å². The van der Waals surface area contributed by atoms with Crippen LogP contribution in [0.25, 0.3) is 0 Å². The number of nitrogens with one attached hydrogen (secondary N) is 1. The van der Waals surface area contributed by atoms with E-state index in [-0.39, 0.29) is 5.54 Å². The van der Waals surface area contributed by atoms with E-state index in [4.69, 9.17) is 0 Å². The van der Waals surface area contributed by atoms with Crippen LogP contribution < -0.4 is 5.32 Å². The molecule has 0 bridgehead atoms. The Hall–Kier alpha value is -0.380. The van der Waals surface area contributed by atoms with Crippen molar-refractivity contribution in [2.24, 2.45) is 0 Å². The van der Waals surface area contributed by atoms with Crippen molar-refractivity contribution in [1.82, 2.24) is 10.2 Å². The van der Waals surface area contributed by atoms with E-state index in [1.54, 1.807) is 0 Å². The lowest BCUT2D eigenvalue weighted by molar-refractivity contribution is -0.0160. The first kappa shape index (κ1) is 13.6. The smallest absolute Gasteiger partial charge is 0.0338 e. The molecule has 1 saturated carbocycles. The minimum Gasteiger partial charge on any atom is -0.309 e. The number of nitrogens with zero attached hydrogens (tertiary/aromatic N) is 1. The summed E-state index contributed by atoms with van der Waals surface area (Å²) in [6.07, 6.45) is 6.99. The Balaban J connectivity index is 1.80. The van der Waals surface area contributed by atoms with Crippen molar-refractivity contribution in [2.45, 2.75) is 63.6 Å². The van der Waals surface area contributed by atoms with E-state index in [9.17, 15) is 0 Å². The summed E-state index contributed by atoms with van der Waals surface area (Å²) in [4.78, 5) is 2.78. The standard InChI is InChI=1S/C16H26N2S/c1-15(2)13-18(10-14-6-9-19-11-14)16(12-17-15)7-4-3-5-8-16/h6,9,11,17H,3-5,7-8,10,12-13H2,1-2H3. The molecule has 0 aromatic carbocycles. The third-order valence-electron chi connectivity index (χ3n) is 4.89. The zero-order valence-corrected chi connectivity index (χ0v) is 13.1. The van der Waals surface area contributed by atoms with Crippen LogP contribution in [-0.2, 0) is 6.54 Å². The lowest BCUT2D eigenvalue weighted by Gasteiger charge is -2.54. The molecule has 0 unspecified atom stereocenters. The van der Waals surface area contributed by atoms with E-state index >= 15 is 0 Å². The molecule has 19 heavy (non-hydrogen) atoms. The monoisotopic (exact) mass is 278 g/mol. The second-order valence-corrected chi connectivity index (χ2v) is 7.79. The lowest BCUT2D eigenvalue weighted by Crippen LogP contribution is -2.68. The predicted octanol–water partition coefficient (Wildman–Crippen LogP) is 3.63. The molecule has 1 N–H and O–H groups in total. The van der Waals surface area contributed by atoms with Crippen LogP contribution in [0.15, 0.2) is 16.8 Å². The molecule has 0 radical (unpaired) electrons. The molecule has 1 aromatic rings. The Kier molecular flexibility index (Phi) is 3.71. The van der Waals surface area contributed by atoms with Crippen molar-refractivity contribution in [3.8, 4) is 0 Å². The molecule has 1 aromatic heterocycles. The molecule has 106 valence electrons. The Morgan fingerprint density at radius 1 is 1.26 bits per heavy atom. The summed E-state index contributed by atoms with van der Waals surface area (Å²) >= 11 is 1.82. The maximum Gasteiger partial charge on any atom is 0.0338 e. The number of rotatable bonds is 2. The SMILES string of the molecule is CC1(C)CN(Cc2ccsc2)C2(CCCCC2)CN1. The summed E-state index contributed by atoms with van der Waals surface area (Å²) in [5.74, 6) is 0. The van der Waals surface area contributed by atoms with Crippen LogP contribution in [0, 0.1) is 0 Å². The first-order valence-corrected chi connectivity index (χ1v) is 8.55. The molecule has 3 rings (SSSR count). The second kappa shape index (κ2) is 5.19. The molecule has 2 aliphatic rings. The van der Waals surface area contributed by atoms with E-state index in [1.807, 2.05) is 11.3 Å². The molecule has 0 amide bonds. The number of hydrogen-bond acceptors (Lipinski definition) is 3. The minimum atomic E-state index is 0.249. The summed E-state index contributed by atoms with van der Waals surface area (Å²) in [5, 5.41) is 8.31. The zero-order chi connectivity index (χ0) is 13.3. The van der Waals surface area contributed by atoms with Crippen LogP contribution in [0.4, 0.5) is 0 Å². The van der Waals surface area contributed by atoms with E-state index in [1.165, 1.54) is 50.8 Å². The minimum absolute atomic E-state index is 0.249. The molecule has 2 fully saturated rings. The van der Waals surface area contributed by atoms with Gasteiger partial charge in [0.05, 0.1) is 0 Å². The van der Waals surface area contributed by atoms with Gasteiger partial charge in [0.1, 0.15) is 0 Å². The second-order valence-electron chi connectivity index (χ2n) is 7.01. The van der Waals surface area contributed by atoms with Crippen LogP contribution in [0.2, 0.25) is 0 Å². The van der Waals surface area contributed by atoms with Gasteiger partial charge in [0.15, 0.2) is 0 Å². The molecular weight excluding hydrogens is 252 g/mol. The fourth-order valence-corrected chi connectivity index (χ4v) is 4.41. The first-order valence-electron chi connectivity index (χ1n) is 7.61. The van der Waals surface area contributed by atoms with Crippen LogP contribution in [0.5, 0.6) is 0 Å². The van der Waals surface area contributed by atoms with Crippen molar-refractivity contribution in [2.75, 3.05) is 13.1 Å². The largest absolute Gasteiger partial charge is 0.309 e. The Labute approximate surface area is 121 Å². The van der Waals surface area contributed by atoms with Gasteiger partial charge in [-0.15, -0.1) is 0 Å². The molecule has 1 saturated heterocycles. The molecule has 2 nitrogen and oxygen atoms in total. The number of piperazine rings is 1. The quantitative estimate of drug-likeness (QED) is 0.888. The van der Waals surface area contributed by atoms with Gasteiger partial charge in [-0.3, -0.25) is 4.90 Å². The summed E-state index contributed by atoms with van der Waals surface area (Å²) in [6.45, 7) is 8.15. The fourth-order valence-electron chi connectivity index (χ4n) is 3.75. The van der Waals surface area contributed by atoms with Crippen LogP contribution in [-0.4, -0.2) is 29.1 Å². The molecular formula is C16H26N2S. The third-order valence-corrected chi connectivity index (χ3v) is 5.62. The van der Waals surface area contributed by atoms with Crippen molar-refractivity contribution in [3.05, 3.63) is 22.4 Å². The van der Waals surface area contributed by atoms with Gasteiger partial charge in [-0.2, -0.15) is 11.3 Å². The third kappa shape index (κ3) is 2.88. The van der Waals surface area contributed by atoms with Gasteiger partial charge in [-0.1, -0.05) is 19.3 Å². The summed E-state index contributed by atoms with van der Waals surface area (Å²) < 4.78 is 0. The van der Waals surface area contributed by atoms with Gasteiger partial charge < -0.3 is 5.32 Å². The molecule has 3 heteroatoms. The summed E-state index contributed by atoms with van der Waals surface area (Å²) in [6, 6.07) is 2.29. The van der Waals surface area contributed by atoms with E-state index in [0.29, 0.717) is 5.54 Å². The first-order chi connectivity index (χ1) is 9.10. The molecule has 1 aliphatic heterocycles. The van der Waals surface area contributed by atoms with Gasteiger partial charge in [-0.25, -0.2) is 0 Å². The van der Waals surface area contributed by atoms with E-state index in [0.717, 1.165) is 6.54 Å². The highest BCUT2D eigenvalue weighted by Gasteiger charge is 2.44. The summed E-state index contributed by atoms with van der Waals surface area (Å²) in [7, 11) is 0. The van der Waals surface area contributed by atoms with Gasteiger partial charge >= 0.3 is 0 Å². The molecule has 0 atom stereocenters. The maximum atomic E-state index is 3.79.